The molecule has 0 aliphatic carbocycles. The SMILES string of the molecule is Cc1ccc2nc(NC(=O)c3ccc([N+](=O)[O-])cc3)sc2c1. The first-order valence-corrected chi connectivity index (χ1v) is 7.27. The van der Waals surface area contributed by atoms with E-state index in [1.807, 2.05) is 25.1 Å². The van der Waals surface area contributed by atoms with Crippen molar-refractivity contribution in [3.63, 3.8) is 0 Å². The van der Waals surface area contributed by atoms with E-state index >= 15 is 0 Å². The highest BCUT2D eigenvalue weighted by molar-refractivity contribution is 7.22. The van der Waals surface area contributed by atoms with Crippen molar-refractivity contribution in [3.8, 4) is 0 Å². The van der Waals surface area contributed by atoms with Gasteiger partial charge in [0.25, 0.3) is 11.6 Å². The summed E-state index contributed by atoms with van der Waals surface area (Å²) in [7, 11) is 0. The van der Waals surface area contributed by atoms with E-state index in [-0.39, 0.29) is 11.6 Å². The van der Waals surface area contributed by atoms with Gasteiger partial charge in [0.05, 0.1) is 15.1 Å². The van der Waals surface area contributed by atoms with Crippen LogP contribution >= 0.6 is 11.3 Å². The van der Waals surface area contributed by atoms with Crippen LogP contribution in [0.1, 0.15) is 15.9 Å². The van der Waals surface area contributed by atoms with Crippen molar-refractivity contribution in [2.45, 2.75) is 6.92 Å². The van der Waals surface area contributed by atoms with Crippen LogP contribution in [0.2, 0.25) is 0 Å². The van der Waals surface area contributed by atoms with Gasteiger partial charge >= 0.3 is 0 Å². The summed E-state index contributed by atoms with van der Waals surface area (Å²) in [5.41, 5.74) is 2.26. The molecular formula is C15H11N3O3S. The fourth-order valence-electron chi connectivity index (χ4n) is 1.99. The summed E-state index contributed by atoms with van der Waals surface area (Å²) in [4.78, 5) is 26.6. The minimum atomic E-state index is -0.502. The van der Waals surface area contributed by atoms with Gasteiger partial charge in [-0.3, -0.25) is 20.2 Å². The van der Waals surface area contributed by atoms with Crippen molar-refractivity contribution in [2.24, 2.45) is 0 Å². The molecule has 1 N–H and O–H groups in total. The standard InChI is InChI=1S/C15H11N3O3S/c1-9-2-7-12-13(8-9)22-15(16-12)17-14(19)10-3-5-11(6-4-10)18(20)21/h2-8H,1H3,(H,16,17,19). The number of non-ortho nitro benzene ring substituents is 1. The van der Waals surface area contributed by atoms with Gasteiger partial charge in [-0.1, -0.05) is 17.4 Å². The number of carbonyl (C=O) groups excluding carboxylic acids is 1. The number of hydrogen-bond donors (Lipinski definition) is 1. The summed E-state index contributed by atoms with van der Waals surface area (Å²) >= 11 is 1.39. The van der Waals surface area contributed by atoms with E-state index in [0.29, 0.717) is 10.7 Å². The van der Waals surface area contributed by atoms with Gasteiger partial charge in [-0.15, -0.1) is 0 Å². The number of nitro groups is 1. The number of aromatic nitrogens is 1. The van der Waals surface area contributed by atoms with Gasteiger partial charge in [-0.05, 0) is 36.8 Å². The third kappa shape index (κ3) is 2.79. The number of nitrogens with one attached hydrogen (secondary N) is 1. The van der Waals surface area contributed by atoms with E-state index in [2.05, 4.69) is 10.3 Å². The topological polar surface area (TPSA) is 85.1 Å². The van der Waals surface area contributed by atoms with E-state index in [1.54, 1.807) is 0 Å². The molecule has 0 saturated heterocycles. The van der Waals surface area contributed by atoms with Crippen molar-refractivity contribution in [3.05, 3.63) is 63.7 Å². The van der Waals surface area contributed by atoms with Gasteiger partial charge in [0.15, 0.2) is 5.13 Å². The molecule has 110 valence electrons. The fourth-order valence-corrected chi connectivity index (χ4v) is 2.95. The highest BCUT2D eigenvalue weighted by atomic mass is 32.1. The molecule has 0 radical (unpaired) electrons. The predicted octanol–water partition coefficient (Wildman–Crippen LogP) is 3.77. The zero-order chi connectivity index (χ0) is 15.7. The number of carbonyl (C=O) groups is 1. The van der Waals surface area contributed by atoms with Crippen molar-refractivity contribution in [1.29, 1.82) is 0 Å². The molecule has 6 nitrogen and oxygen atoms in total. The Morgan fingerprint density at radius 2 is 1.95 bits per heavy atom. The summed E-state index contributed by atoms with van der Waals surface area (Å²) in [6.45, 7) is 1.99. The second-order valence-electron chi connectivity index (χ2n) is 4.75. The number of hydrogen-bond acceptors (Lipinski definition) is 5. The number of aryl methyl sites for hydroxylation is 1. The van der Waals surface area contributed by atoms with Crippen LogP contribution in [-0.4, -0.2) is 15.8 Å². The molecule has 3 aromatic rings. The van der Waals surface area contributed by atoms with Gasteiger partial charge in [0.2, 0.25) is 0 Å². The Labute approximate surface area is 129 Å². The molecule has 0 bridgehead atoms. The quantitative estimate of drug-likeness (QED) is 0.589. The number of anilines is 1. The number of nitro benzene ring substituents is 1. The van der Waals surface area contributed by atoms with Gasteiger partial charge in [-0.25, -0.2) is 4.98 Å². The van der Waals surface area contributed by atoms with Crippen molar-refractivity contribution >= 4 is 38.3 Å². The second-order valence-corrected chi connectivity index (χ2v) is 5.78. The van der Waals surface area contributed by atoms with Crippen molar-refractivity contribution in [1.82, 2.24) is 4.98 Å². The third-order valence-corrected chi connectivity index (χ3v) is 4.04. The lowest BCUT2D eigenvalue weighted by Crippen LogP contribution is -2.11. The minimum absolute atomic E-state index is 0.0491. The van der Waals surface area contributed by atoms with Crippen LogP contribution in [0.5, 0.6) is 0 Å². The van der Waals surface area contributed by atoms with Gasteiger partial charge in [0.1, 0.15) is 0 Å². The highest BCUT2D eigenvalue weighted by Crippen LogP contribution is 2.27. The predicted molar refractivity (Wildman–Crippen MR) is 85.4 cm³/mol. The number of nitrogens with zero attached hydrogens (tertiary/aromatic N) is 2. The van der Waals surface area contributed by atoms with Crippen LogP contribution in [0.4, 0.5) is 10.8 Å². The smallest absolute Gasteiger partial charge is 0.269 e. The lowest BCUT2D eigenvalue weighted by Gasteiger charge is -2.00. The maximum Gasteiger partial charge on any atom is 0.269 e. The molecule has 1 amide bonds. The van der Waals surface area contributed by atoms with Crippen LogP contribution < -0.4 is 5.32 Å². The average molecular weight is 313 g/mol. The summed E-state index contributed by atoms with van der Waals surface area (Å²) in [5.74, 6) is -0.342. The zero-order valence-corrected chi connectivity index (χ0v) is 12.4. The first-order chi connectivity index (χ1) is 10.5. The first-order valence-electron chi connectivity index (χ1n) is 6.46. The number of rotatable bonds is 3. The number of fused-ring (bicyclic) bond motifs is 1. The molecule has 0 saturated carbocycles. The minimum Gasteiger partial charge on any atom is -0.298 e. The summed E-state index contributed by atoms with van der Waals surface area (Å²) in [5, 5.41) is 13.8. The Morgan fingerprint density at radius 1 is 1.23 bits per heavy atom. The normalized spacial score (nSPS) is 10.6. The molecule has 0 aliphatic heterocycles. The van der Waals surface area contributed by atoms with Crippen LogP contribution in [0, 0.1) is 17.0 Å². The zero-order valence-electron chi connectivity index (χ0n) is 11.6. The third-order valence-electron chi connectivity index (χ3n) is 3.10. The van der Waals surface area contributed by atoms with Gasteiger partial charge < -0.3 is 0 Å². The van der Waals surface area contributed by atoms with Crippen LogP contribution in [-0.2, 0) is 0 Å². The van der Waals surface area contributed by atoms with E-state index in [9.17, 15) is 14.9 Å². The lowest BCUT2D eigenvalue weighted by molar-refractivity contribution is -0.384. The number of thiazole rings is 1. The van der Waals surface area contributed by atoms with E-state index in [1.165, 1.54) is 35.6 Å². The molecule has 22 heavy (non-hydrogen) atoms. The van der Waals surface area contributed by atoms with Gasteiger partial charge in [0, 0.05) is 17.7 Å². The Bertz CT molecular complexity index is 871. The largest absolute Gasteiger partial charge is 0.298 e. The highest BCUT2D eigenvalue weighted by Gasteiger charge is 2.12. The number of amides is 1. The van der Waals surface area contributed by atoms with Crippen LogP contribution in [0.15, 0.2) is 42.5 Å². The Kier molecular flexibility index (Phi) is 3.56. The van der Waals surface area contributed by atoms with Crippen molar-refractivity contribution in [2.75, 3.05) is 5.32 Å². The summed E-state index contributed by atoms with van der Waals surface area (Å²) in [6, 6.07) is 11.3. The molecule has 0 unspecified atom stereocenters. The molecule has 3 rings (SSSR count). The fraction of sp³-hybridized carbons (Fsp3) is 0.0667. The maximum absolute atomic E-state index is 12.1. The second kappa shape index (κ2) is 5.53. The van der Waals surface area contributed by atoms with Crippen LogP contribution in [0.25, 0.3) is 10.2 Å². The molecule has 7 heteroatoms. The molecule has 0 spiro atoms. The Morgan fingerprint density at radius 3 is 2.64 bits per heavy atom. The first kappa shape index (κ1) is 14.2. The summed E-state index contributed by atoms with van der Waals surface area (Å²) in [6.07, 6.45) is 0. The van der Waals surface area contributed by atoms with E-state index in [4.69, 9.17) is 0 Å². The molecular weight excluding hydrogens is 302 g/mol. The van der Waals surface area contributed by atoms with Crippen molar-refractivity contribution < 1.29 is 9.72 Å². The average Bonchev–Trinajstić information content (AvgIpc) is 2.88. The Balaban J connectivity index is 1.81. The number of benzene rings is 2. The molecule has 0 atom stereocenters. The molecule has 2 aromatic carbocycles. The van der Waals surface area contributed by atoms with Crippen LogP contribution in [0.3, 0.4) is 0 Å². The molecule has 1 aromatic heterocycles. The summed E-state index contributed by atoms with van der Waals surface area (Å²) < 4.78 is 0.999. The lowest BCUT2D eigenvalue weighted by atomic mass is 10.2. The van der Waals surface area contributed by atoms with E-state index < -0.39 is 4.92 Å². The molecule has 0 aliphatic rings. The Hall–Kier alpha value is -2.80. The molecule has 1 heterocycles. The molecule has 0 fully saturated rings. The maximum atomic E-state index is 12.1. The monoisotopic (exact) mass is 313 g/mol. The van der Waals surface area contributed by atoms with Gasteiger partial charge in [-0.2, -0.15) is 0 Å². The van der Waals surface area contributed by atoms with E-state index in [0.717, 1.165) is 15.8 Å².